The number of esters is 1. The third-order valence-corrected chi connectivity index (χ3v) is 8.46. The molecule has 0 bridgehead atoms. The molecule has 4 heterocycles. The number of nitrogens with zero attached hydrogens (tertiary/aromatic N) is 2. The number of benzene rings is 1. The minimum atomic E-state index is -1.42. The summed E-state index contributed by atoms with van der Waals surface area (Å²) in [5.41, 5.74) is -2.06. The summed E-state index contributed by atoms with van der Waals surface area (Å²) >= 11 is 6.49. The van der Waals surface area contributed by atoms with Crippen molar-refractivity contribution in [3.05, 3.63) is 53.6 Å². The van der Waals surface area contributed by atoms with Gasteiger partial charge in [-0.05, 0) is 37.8 Å². The molecule has 0 radical (unpaired) electrons. The molecule has 5 rings (SSSR count). The molecule has 0 aliphatic carbocycles. The first kappa shape index (κ1) is 25.9. The number of likely N-dealkylation sites (tertiary alicyclic amines) is 1. The Morgan fingerprint density at radius 3 is 2.57 bits per heavy atom. The van der Waals surface area contributed by atoms with Gasteiger partial charge in [0.2, 0.25) is 5.91 Å². The molecule has 1 spiro atoms. The summed E-state index contributed by atoms with van der Waals surface area (Å²) in [6.07, 6.45) is 8.75. The quantitative estimate of drug-likeness (QED) is 0.476. The average molecular weight is 529 g/mol. The Balaban J connectivity index is 1.70. The topological polar surface area (TPSA) is 96.4 Å². The molecule has 1 aromatic rings. The summed E-state index contributed by atoms with van der Waals surface area (Å²) in [4.78, 5) is 45.2. The zero-order valence-corrected chi connectivity index (χ0v) is 22.1. The highest BCUT2D eigenvalue weighted by molar-refractivity contribution is 6.34. The van der Waals surface area contributed by atoms with Crippen molar-refractivity contribution in [2.24, 2.45) is 17.8 Å². The third-order valence-electron chi connectivity index (χ3n) is 8.15. The lowest BCUT2D eigenvalue weighted by Gasteiger charge is -2.41. The molecular weight excluding hydrogens is 496 g/mol. The van der Waals surface area contributed by atoms with Crippen LogP contribution in [-0.2, 0) is 23.9 Å². The Kier molecular flexibility index (Phi) is 6.71. The van der Waals surface area contributed by atoms with Crippen LogP contribution in [0.2, 0.25) is 5.02 Å². The summed E-state index contributed by atoms with van der Waals surface area (Å²) < 4.78 is 12.4. The van der Waals surface area contributed by atoms with Gasteiger partial charge in [0.15, 0.2) is 0 Å². The Labute approximate surface area is 221 Å². The van der Waals surface area contributed by atoms with Gasteiger partial charge in [-0.3, -0.25) is 14.4 Å². The maximum atomic E-state index is 14.4. The number of cyclic esters (lactones) is 1. The summed E-state index contributed by atoms with van der Waals surface area (Å²) in [6.45, 7) is 5.68. The van der Waals surface area contributed by atoms with Gasteiger partial charge >= 0.3 is 5.97 Å². The summed E-state index contributed by atoms with van der Waals surface area (Å²) in [5.74, 6) is -3.37. The maximum Gasteiger partial charge on any atom is 0.313 e. The number of carbonyl (C=O) groups excluding carboxylic acids is 3. The molecule has 6 atom stereocenters. The minimum Gasteiger partial charge on any atom is -0.465 e. The molecule has 0 saturated carbocycles. The zero-order chi connectivity index (χ0) is 26.5. The first-order valence-corrected chi connectivity index (χ1v) is 13.2. The second-order valence-corrected chi connectivity index (χ2v) is 11.2. The molecule has 4 aliphatic heterocycles. The number of anilines is 1. The number of aliphatic hydroxyl groups is 1. The monoisotopic (exact) mass is 528 g/mol. The van der Waals surface area contributed by atoms with Gasteiger partial charge in [-0.2, -0.15) is 0 Å². The lowest BCUT2D eigenvalue weighted by Crippen LogP contribution is -2.59. The fourth-order valence-electron chi connectivity index (χ4n) is 6.44. The number of carbonyl (C=O) groups is 3. The van der Waals surface area contributed by atoms with Gasteiger partial charge in [-0.15, -0.1) is 0 Å². The summed E-state index contributed by atoms with van der Waals surface area (Å²) in [7, 11) is 0. The molecule has 8 nitrogen and oxygen atoms in total. The van der Waals surface area contributed by atoms with Crippen LogP contribution in [0.25, 0.3) is 0 Å². The van der Waals surface area contributed by atoms with Crippen molar-refractivity contribution in [3.8, 4) is 0 Å². The van der Waals surface area contributed by atoms with Crippen molar-refractivity contribution in [1.82, 2.24) is 4.90 Å². The second-order valence-electron chi connectivity index (χ2n) is 10.8. The highest BCUT2D eigenvalue weighted by Crippen LogP contribution is 2.58. The van der Waals surface area contributed by atoms with Crippen molar-refractivity contribution >= 4 is 35.1 Å². The molecule has 1 N–H and O–H groups in total. The van der Waals surface area contributed by atoms with E-state index in [1.807, 2.05) is 26.0 Å². The van der Waals surface area contributed by atoms with Crippen LogP contribution in [0.4, 0.5) is 5.69 Å². The first-order chi connectivity index (χ1) is 17.7. The van der Waals surface area contributed by atoms with E-state index in [1.165, 1.54) is 4.90 Å². The fourth-order valence-corrected chi connectivity index (χ4v) is 6.68. The Hall–Kier alpha value is -2.68. The summed E-state index contributed by atoms with van der Waals surface area (Å²) in [6, 6.07) is 5.28. The number of halogens is 1. The van der Waals surface area contributed by atoms with Crippen molar-refractivity contribution in [3.63, 3.8) is 0 Å². The van der Waals surface area contributed by atoms with Crippen LogP contribution in [0.15, 0.2) is 48.6 Å². The van der Waals surface area contributed by atoms with Crippen molar-refractivity contribution < 1.29 is 29.0 Å². The van der Waals surface area contributed by atoms with Gasteiger partial charge in [-0.25, -0.2) is 0 Å². The minimum absolute atomic E-state index is 0.155. The Bertz CT molecular complexity index is 1170. The molecule has 37 heavy (non-hydrogen) atoms. The van der Waals surface area contributed by atoms with Gasteiger partial charge < -0.3 is 24.4 Å². The van der Waals surface area contributed by atoms with Crippen molar-refractivity contribution in [2.75, 3.05) is 24.7 Å². The molecule has 2 saturated heterocycles. The highest BCUT2D eigenvalue weighted by Gasteiger charge is 2.75. The number of ether oxygens (including phenoxy) is 2. The number of aliphatic hydroxyl groups excluding tert-OH is 1. The fraction of sp³-hybridized carbons (Fsp3) is 0.536. The predicted molar refractivity (Wildman–Crippen MR) is 138 cm³/mol. The Morgan fingerprint density at radius 2 is 1.86 bits per heavy atom. The molecule has 4 aliphatic rings. The van der Waals surface area contributed by atoms with Crippen molar-refractivity contribution in [2.45, 2.75) is 56.9 Å². The van der Waals surface area contributed by atoms with Gasteiger partial charge in [0.25, 0.3) is 5.91 Å². The SMILES string of the molecule is CC(C)[C@H](CO)N1C(=O)[C@@H]2[C@@H]3C(=O)OCCC/C=C\[C@]3(C)O[C@@]23C=CCN(c2ccccc2Cl)C(=O)C13. The highest BCUT2D eigenvalue weighted by atomic mass is 35.5. The maximum absolute atomic E-state index is 14.4. The third kappa shape index (κ3) is 3.92. The molecule has 2 amide bonds. The number of amides is 2. The second kappa shape index (κ2) is 9.57. The number of fused-ring (bicyclic) bond motifs is 2. The molecule has 9 heteroatoms. The van der Waals surface area contributed by atoms with E-state index in [4.69, 9.17) is 21.1 Å². The van der Waals surface area contributed by atoms with E-state index in [1.54, 1.807) is 48.2 Å². The van der Waals surface area contributed by atoms with Gasteiger partial charge in [-0.1, -0.05) is 61.9 Å². The number of hydrogen-bond acceptors (Lipinski definition) is 6. The molecule has 2 fully saturated rings. The first-order valence-electron chi connectivity index (χ1n) is 12.9. The standard InChI is InChI=1S/C28H33ClN2O6/c1-17(2)20(16-32)31-23-25(34)30(19-11-6-5-10-18(19)29)14-9-13-28(23)21(24(31)33)22-26(35)36-15-8-4-7-12-27(22,3)37-28/h5-7,9-13,17,20-23,32H,4,8,14-16H2,1-3H3/b12-7-/t20-,21-,22+,23?,27-,28-/m0/s1. The predicted octanol–water partition coefficient (Wildman–Crippen LogP) is 3.12. The smallest absolute Gasteiger partial charge is 0.313 e. The van der Waals surface area contributed by atoms with Crippen LogP contribution in [0, 0.1) is 17.8 Å². The van der Waals surface area contributed by atoms with E-state index in [0.717, 1.165) is 0 Å². The molecule has 198 valence electrons. The van der Waals surface area contributed by atoms with Crippen LogP contribution in [-0.4, -0.2) is 70.8 Å². The molecular formula is C28H33ClN2O6. The van der Waals surface area contributed by atoms with E-state index < -0.39 is 47.0 Å². The zero-order valence-electron chi connectivity index (χ0n) is 21.3. The molecule has 0 aromatic heterocycles. The number of rotatable bonds is 4. The largest absolute Gasteiger partial charge is 0.465 e. The Morgan fingerprint density at radius 1 is 1.11 bits per heavy atom. The summed E-state index contributed by atoms with van der Waals surface area (Å²) in [5, 5.41) is 10.8. The van der Waals surface area contributed by atoms with Gasteiger partial charge in [0, 0.05) is 6.54 Å². The van der Waals surface area contributed by atoms with E-state index in [0.29, 0.717) is 23.6 Å². The van der Waals surface area contributed by atoms with E-state index in [-0.39, 0.29) is 31.6 Å². The lowest BCUT2D eigenvalue weighted by molar-refractivity contribution is -0.160. The van der Waals surface area contributed by atoms with Crippen LogP contribution in [0.1, 0.15) is 33.6 Å². The van der Waals surface area contributed by atoms with Crippen LogP contribution >= 0.6 is 11.6 Å². The van der Waals surface area contributed by atoms with Crippen molar-refractivity contribution in [1.29, 1.82) is 0 Å². The van der Waals surface area contributed by atoms with E-state index in [9.17, 15) is 19.5 Å². The van der Waals surface area contributed by atoms with Crippen LogP contribution in [0.5, 0.6) is 0 Å². The van der Waals surface area contributed by atoms with Crippen LogP contribution < -0.4 is 4.90 Å². The molecule has 1 unspecified atom stereocenters. The number of hydrogen-bond donors (Lipinski definition) is 1. The van der Waals surface area contributed by atoms with Crippen LogP contribution in [0.3, 0.4) is 0 Å². The number of allylic oxidation sites excluding steroid dienone is 1. The lowest BCUT2D eigenvalue weighted by atomic mass is 9.74. The molecule has 1 aromatic carbocycles. The normalized spacial score (nSPS) is 35.2. The number of para-hydroxylation sites is 1. The van der Waals surface area contributed by atoms with Gasteiger partial charge in [0.1, 0.15) is 17.6 Å². The average Bonchev–Trinajstić information content (AvgIpc) is 3.20. The van der Waals surface area contributed by atoms with E-state index in [2.05, 4.69) is 0 Å². The van der Waals surface area contributed by atoms with E-state index >= 15 is 0 Å². The van der Waals surface area contributed by atoms with Gasteiger partial charge in [0.05, 0.1) is 41.5 Å².